The van der Waals surface area contributed by atoms with Crippen molar-refractivity contribution in [2.24, 2.45) is 11.7 Å². The quantitative estimate of drug-likeness (QED) is 0.901. The van der Waals surface area contributed by atoms with E-state index in [1.807, 2.05) is 0 Å². The van der Waals surface area contributed by atoms with Crippen molar-refractivity contribution in [3.63, 3.8) is 0 Å². The third-order valence-electron chi connectivity index (χ3n) is 3.28. The summed E-state index contributed by atoms with van der Waals surface area (Å²) in [5.74, 6) is 0.901. The monoisotopic (exact) mass is 296 g/mol. The molecule has 1 saturated carbocycles. The predicted molar refractivity (Wildman–Crippen MR) is 77.2 cm³/mol. The maximum absolute atomic E-state index is 5.74. The SMILES string of the molecule is CC(C)N(CC1CC1)c1cc(Br)cc(CN)c1. The van der Waals surface area contributed by atoms with Crippen LogP contribution in [0.5, 0.6) is 0 Å². The van der Waals surface area contributed by atoms with Gasteiger partial charge in [-0.25, -0.2) is 0 Å². The maximum Gasteiger partial charge on any atom is 0.0383 e. The molecule has 0 aliphatic heterocycles. The highest BCUT2D eigenvalue weighted by atomic mass is 79.9. The second kappa shape index (κ2) is 5.40. The summed E-state index contributed by atoms with van der Waals surface area (Å²) in [5, 5.41) is 0. The lowest BCUT2D eigenvalue weighted by Gasteiger charge is -2.29. The zero-order valence-electron chi connectivity index (χ0n) is 10.6. The molecule has 0 saturated heterocycles. The van der Waals surface area contributed by atoms with Crippen LogP contribution in [0.2, 0.25) is 0 Å². The molecule has 1 aromatic rings. The van der Waals surface area contributed by atoms with Crippen LogP contribution < -0.4 is 10.6 Å². The number of benzene rings is 1. The van der Waals surface area contributed by atoms with Crippen LogP contribution in [-0.4, -0.2) is 12.6 Å². The molecule has 0 atom stereocenters. The highest BCUT2D eigenvalue weighted by Crippen LogP contribution is 2.33. The molecule has 0 heterocycles. The molecule has 1 aromatic carbocycles. The maximum atomic E-state index is 5.74. The Hall–Kier alpha value is -0.540. The lowest BCUT2D eigenvalue weighted by Crippen LogP contribution is -2.32. The molecule has 2 N–H and O–H groups in total. The van der Waals surface area contributed by atoms with E-state index in [2.05, 4.69) is 52.9 Å². The summed E-state index contributed by atoms with van der Waals surface area (Å²) in [6.07, 6.45) is 2.78. The summed E-state index contributed by atoms with van der Waals surface area (Å²) in [7, 11) is 0. The van der Waals surface area contributed by atoms with Gasteiger partial charge in [-0.2, -0.15) is 0 Å². The van der Waals surface area contributed by atoms with Crippen molar-refractivity contribution < 1.29 is 0 Å². The third-order valence-corrected chi connectivity index (χ3v) is 3.74. The Morgan fingerprint density at radius 2 is 2.06 bits per heavy atom. The number of hydrogen-bond donors (Lipinski definition) is 1. The molecule has 3 heteroatoms. The van der Waals surface area contributed by atoms with Gasteiger partial charge in [0.05, 0.1) is 0 Å². The largest absolute Gasteiger partial charge is 0.369 e. The Morgan fingerprint density at radius 1 is 1.35 bits per heavy atom. The van der Waals surface area contributed by atoms with Gasteiger partial charge in [0, 0.05) is 29.3 Å². The molecular formula is C14H21BrN2. The Morgan fingerprint density at radius 3 is 2.59 bits per heavy atom. The molecule has 1 aliphatic rings. The molecule has 94 valence electrons. The molecule has 2 nitrogen and oxygen atoms in total. The van der Waals surface area contributed by atoms with E-state index >= 15 is 0 Å². The number of hydrogen-bond acceptors (Lipinski definition) is 2. The van der Waals surface area contributed by atoms with Crippen LogP contribution in [0.3, 0.4) is 0 Å². The third kappa shape index (κ3) is 3.46. The fourth-order valence-corrected chi connectivity index (χ4v) is 2.64. The van der Waals surface area contributed by atoms with Gasteiger partial charge in [0.2, 0.25) is 0 Å². The summed E-state index contributed by atoms with van der Waals surface area (Å²) in [5.41, 5.74) is 8.22. The molecule has 0 unspecified atom stereocenters. The zero-order chi connectivity index (χ0) is 12.4. The molecular weight excluding hydrogens is 276 g/mol. The molecule has 0 bridgehead atoms. The number of rotatable bonds is 5. The van der Waals surface area contributed by atoms with Crippen molar-refractivity contribution in [2.75, 3.05) is 11.4 Å². The summed E-state index contributed by atoms with van der Waals surface area (Å²) in [4.78, 5) is 2.49. The first-order chi connectivity index (χ1) is 8.10. The lowest BCUT2D eigenvalue weighted by atomic mass is 10.1. The lowest BCUT2D eigenvalue weighted by molar-refractivity contribution is 0.644. The molecule has 0 radical (unpaired) electrons. The van der Waals surface area contributed by atoms with Crippen molar-refractivity contribution >= 4 is 21.6 Å². The van der Waals surface area contributed by atoms with Gasteiger partial charge in [0.25, 0.3) is 0 Å². The fraction of sp³-hybridized carbons (Fsp3) is 0.571. The normalized spacial score (nSPS) is 15.4. The predicted octanol–water partition coefficient (Wildman–Crippen LogP) is 3.53. The summed E-state index contributed by atoms with van der Waals surface area (Å²) < 4.78 is 1.12. The summed E-state index contributed by atoms with van der Waals surface area (Å²) >= 11 is 3.57. The van der Waals surface area contributed by atoms with Crippen molar-refractivity contribution in [3.05, 3.63) is 28.2 Å². The van der Waals surface area contributed by atoms with E-state index in [1.165, 1.54) is 30.6 Å². The van der Waals surface area contributed by atoms with Crippen molar-refractivity contribution in [1.82, 2.24) is 0 Å². The molecule has 1 aliphatic carbocycles. The first-order valence-electron chi connectivity index (χ1n) is 6.36. The number of nitrogens with zero attached hydrogens (tertiary/aromatic N) is 1. The number of anilines is 1. The van der Waals surface area contributed by atoms with Crippen molar-refractivity contribution in [3.8, 4) is 0 Å². The van der Waals surface area contributed by atoms with Crippen LogP contribution in [0.4, 0.5) is 5.69 Å². The molecule has 0 amide bonds. The van der Waals surface area contributed by atoms with Crippen LogP contribution in [0.25, 0.3) is 0 Å². The van der Waals surface area contributed by atoms with Gasteiger partial charge in [-0.1, -0.05) is 15.9 Å². The van der Waals surface area contributed by atoms with Gasteiger partial charge < -0.3 is 10.6 Å². The molecule has 0 aromatic heterocycles. The van der Waals surface area contributed by atoms with Crippen LogP contribution in [0.1, 0.15) is 32.3 Å². The van der Waals surface area contributed by atoms with E-state index in [0.717, 1.165) is 10.4 Å². The van der Waals surface area contributed by atoms with Gasteiger partial charge in [-0.3, -0.25) is 0 Å². The minimum Gasteiger partial charge on any atom is -0.369 e. The van der Waals surface area contributed by atoms with Crippen LogP contribution in [0.15, 0.2) is 22.7 Å². The second-order valence-corrected chi connectivity index (χ2v) is 6.13. The smallest absolute Gasteiger partial charge is 0.0383 e. The average molecular weight is 297 g/mol. The van der Waals surface area contributed by atoms with Gasteiger partial charge in [-0.15, -0.1) is 0 Å². The van der Waals surface area contributed by atoms with E-state index in [9.17, 15) is 0 Å². The van der Waals surface area contributed by atoms with Crippen molar-refractivity contribution in [1.29, 1.82) is 0 Å². The van der Waals surface area contributed by atoms with Gasteiger partial charge in [-0.05, 0) is 56.4 Å². The Kier molecular flexibility index (Phi) is 4.10. The molecule has 1 fully saturated rings. The highest BCUT2D eigenvalue weighted by Gasteiger charge is 2.25. The molecule has 17 heavy (non-hydrogen) atoms. The van der Waals surface area contributed by atoms with E-state index in [0.29, 0.717) is 12.6 Å². The van der Waals surface area contributed by atoms with Gasteiger partial charge in [0.1, 0.15) is 0 Å². The Bertz CT molecular complexity index is 386. The van der Waals surface area contributed by atoms with Gasteiger partial charge >= 0.3 is 0 Å². The highest BCUT2D eigenvalue weighted by molar-refractivity contribution is 9.10. The number of nitrogens with two attached hydrogens (primary N) is 1. The summed E-state index contributed by atoms with van der Waals surface area (Å²) in [6.45, 7) is 6.29. The minimum absolute atomic E-state index is 0.538. The van der Waals surface area contributed by atoms with Gasteiger partial charge in [0.15, 0.2) is 0 Å². The van der Waals surface area contributed by atoms with Crippen LogP contribution in [-0.2, 0) is 6.54 Å². The van der Waals surface area contributed by atoms with E-state index < -0.39 is 0 Å². The van der Waals surface area contributed by atoms with Crippen molar-refractivity contribution in [2.45, 2.75) is 39.3 Å². The van der Waals surface area contributed by atoms with Crippen LogP contribution in [0, 0.1) is 5.92 Å². The van der Waals surface area contributed by atoms with Crippen LogP contribution >= 0.6 is 15.9 Å². The average Bonchev–Trinajstić information content (AvgIpc) is 3.08. The summed E-state index contributed by atoms with van der Waals surface area (Å²) in [6, 6.07) is 7.05. The van der Waals surface area contributed by atoms with E-state index in [-0.39, 0.29) is 0 Å². The Labute approximate surface area is 112 Å². The van der Waals surface area contributed by atoms with E-state index in [4.69, 9.17) is 5.73 Å². The molecule has 0 spiro atoms. The standard InChI is InChI=1S/C14H21BrN2/c1-10(2)17(9-11-3-4-11)14-6-12(8-16)5-13(15)7-14/h5-7,10-11H,3-4,8-9,16H2,1-2H3. The number of halogens is 1. The Balaban J connectivity index is 2.23. The zero-order valence-corrected chi connectivity index (χ0v) is 12.2. The first-order valence-corrected chi connectivity index (χ1v) is 7.15. The van der Waals surface area contributed by atoms with E-state index in [1.54, 1.807) is 0 Å². The molecule has 2 rings (SSSR count). The fourth-order valence-electron chi connectivity index (χ4n) is 2.11. The first kappa shape index (κ1) is 12.9. The minimum atomic E-state index is 0.538. The topological polar surface area (TPSA) is 29.3 Å². The second-order valence-electron chi connectivity index (χ2n) is 5.21.